The summed E-state index contributed by atoms with van der Waals surface area (Å²) in [5, 5.41) is 46.5. The molecule has 0 saturated heterocycles. The van der Waals surface area contributed by atoms with Gasteiger partial charge in [0.05, 0.1) is 6.61 Å². The summed E-state index contributed by atoms with van der Waals surface area (Å²) in [5.41, 5.74) is -2.95. The Labute approximate surface area is 91.0 Å². The van der Waals surface area contributed by atoms with Crippen molar-refractivity contribution in [1.29, 1.82) is 0 Å². The van der Waals surface area contributed by atoms with Crippen LogP contribution < -0.4 is 0 Å². The van der Waals surface area contributed by atoms with Crippen molar-refractivity contribution in [2.24, 2.45) is 0 Å². The molecule has 88 valence electrons. The Kier molecular flexibility index (Phi) is 3.30. The van der Waals surface area contributed by atoms with Crippen LogP contribution in [0, 0.1) is 0 Å². The summed E-state index contributed by atoms with van der Waals surface area (Å²) in [6, 6.07) is 4.52. The van der Waals surface area contributed by atoms with Gasteiger partial charge in [0.1, 0.15) is 5.75 Å². The molecule has 0 amide bonds. The molecule has 0 aliphatic rings. The number of phenolic OH excluding ortho intramolecular Hbond substituents is 1. The third kappa shape index (κ3) is 1.91. The number of aliphatic hydroxyl groups is 4. The zero-order valence-electron chi connectivity index (χ0n) is 8.24. The van der Waals surface area contributed by atoms with Crippen LogP contribution in [0.25, 0.3) is 0 Å². The normalized spacial score (nSPS) is 15.5. The van der Waals surface area contributed by atoms with Gasteiger partial charge >= 0.3 is 0 Å². The monoisotopic (exact) mass is 228 g/mol. The number of aromatic hydroxyl groups is 1. The van der Waals surface area contributed by atoms with Crippen LogP contribution in [0.4, 0.5) is 0 Å². The first kappa shape index (κ1) is 12.6. The molecule has 0 aliphatic heterocycles. The maximum absolute atomic E-state index is 10.6. The smallest absolute Gasteiger partial charge is 0.229 e. The van der Waals surface area contributed by atoms with Crippen LogP contribution in [0.3, 0.4) is 0 Å². The van der Waals surface area contributed by atoms with E-state index in [0.29, 0.717) is 0 Å². The molecular formula is C10H12O6. The number of carbonyl (C=O) groups is 1. The molecule has 0 bridgehead atoms. The summed E-state index contributed by atoms with van der Waals surface area (Å²) in [5.74, 6) is -3.05. The molecule has 6 heteroatoms. The molecule has 6 nitrogen and oxygen atoms in total. The van der Waals surface area contributed by atoms with Crippen molar-refractivity contribution in [1.82, 2.24) is 0 Å². The Morgan fingerprint density at radius 2 is 1.62 bits per heavy atom. The fourth-order valence-electron chi connectivity index (χ4n) is 1.17. The van der Waals surface area contributed by atoms with Gasteiger partial charge in [-0.05, 0) is 24.3 Å². The lowest BCUT2D eigenvalue weighted by molar-refractivity contribution is -0.277. The average Bonchev–Trinajstić information content (AvgIpc) is 2.28. The van der Waals surface area contributed by atoms with Gasteiger partial charge in [0, 0.05) is 5.56 Å². The van der Waals surface area contributed by atoms with Crippen molar-refractivity contribution < 1.29 is 30.3 Å². The quantitative estimate of drug-likeness (QED) is 0.314. The predicted molar refractivity (Wildman–Crippen MR) is 52.3 cm³/mol. The van der Waals surface area contributed by atoms with E-state index in [1.165, 1.54) is 0 Å². The van der Waals surface area contributed by atoms with Crippen LogP contribution in [0.2, 0.25) is 0 Å². The number of rotatable bonds is 4. The number of carbonyl (C=O) groups excluding carboxylic acids is 1. The van der Waals surface area contributed by atoms with Gasteiger partial charge in [0.25, 0.3) is 0 Å². The minimum Gasteiger partial charge on any atom is -0.508 e. The number of aldehydes is 1. The first-order valence-corrected chi connectivity index (χ1v) is 4.41. The second kappa shape index (κ2) is 4.18. The van der Waals surface area contributed by atoms with Crippen LogP contribution in [-0.2, 0) is 10.6 Å². The third-order valence-electron chi connectivity index (χ3n) is 2.31. The minimum absolute atomic E-state index is 0.113. The van der Waals surface area contributed by atoms with E-state index >= 15 is 0 Å². The SMILES string of the molecule is O=CC(O)(CO)C(O)(O)c1ccc(O)cc1. The van der Waals surface area contributed by atoms with E-state index in [2.05, 4.69) is 0 Å². The molecular weight excluding hydrogens is 216 g/mol. The van der Waals surface area contributed by atoms with Crippen LogP contribution >= 0.6 is 0 Å². The van der Waals surface area contributed by atoms with E-state index in [9.17, 15) is 20.1 Å². The predicted octanol–water partition coefficient (Wildman–Crippen LogP) is -1.55. The zero-order chi connectivity index (χ0) is 12.4. The lowest BCUT2D eigenvalue weighted by Gasteiger charge is -2.34. The molecule has 16 heavy (non-hydrogen) atoms. The Balaban J connectivity index is 3.19. The highest BCUT2D eigenvalue weighted by atomic mass is 16.5. The molecule has 5 N–H and O–H groups in total. The van der Waals surface area contributed by atoms with Gasteiger partial charge in [-0.25, -0.2) is 0 Å². The maximum Gasteiger partial charge on any atom is 0.229 e. The van der Waals surface area contributed by atoms with E-state index in [1.807, 2.05) is 0 Å². The van der Waals surface area contributed by atoms with Crippen molar-refractivity contribution in [3.05, 3.63) is 29.8 Å². The van der Waals surface area contributed by atoms with E-state index in [1.54, 1.807) is 0 Å². The maximum atomic E-state index is 10.6. The van der Waals surface area contributed by atoms with E-state index in [-0.39, 0.29) is 17.6 Å². The van der Waals surface area contributed by atoms with E-state index < -0.39 is 18.0 Å². The number of hydrogen-bond acceptors (Lipinski definition) is 6. The van der Waals surface area contributed by atoms with Crippen LogP contribution in [0.15, 0.2) is 24.3 Å². The summed E-state index contributed by atoms with van der Waals surface area (Å²) >= 11 is 0. The number of benzene rings is 1. The molecule has 0 aliphatic carbocycles. The number of aliphatic hydroxyl groups excluding tert-OH is 1. The summed E-state index contributed by atoms with van der Waals surface area (Å²) < 4.78 is 0. The Bertz CT molecular complexity index is 371. The minimum atomic E-state index is -2.93. The van der Waals surface area contributed by atoms with E-state index in [4.69, 9.17) is 10.2 Å². The van der Waals surface area contributed by atoms with Gasteiger partial charge in [-0.3, -0.25) is 4.79 Å². The van der Waals surface area contributed by atoms with E-state index in [0.717, 1.165) is 24.3 Å². The van der Waals surface area contributed by atoms with Crippen LogP contribution in [0.1, 0.15) is 5.56 Å². The average molecular weight is 228 g/mol. The van der Waals surface area contributed by atoms with Crippen LogP contribution in [0.5, 0.6) is 5.75 Å². The van der Waals surface area contributed by atoms with Crippen molar-refractivity contribution >= 4 is 6.29 Å². The Morgan fingerprint density at radius 1 is 1.12 bits per heavy atom. The first-order valence-electron chi connectivity index (χ1n) is 4.41. The molecule has 0 aromatic heterocycles. The molecule has 1 unspecified atom stereocenters. The second-order valence-electron chi connectivity index (χ2n) is 3.42. The molecule has 0 radical (unpaired) electrons. The molecule has 1 atom stereocenters. The molecule has 0 fully saturated rings. The zero-order valence-corrected chi connectivity index (χ0v) is 8.24. The fourth-order valence-corrected chi connectivity index (χ4v) is 1.17. The molecule has 0 spiro atoms. The number of phenols is 1. The highest BCUT2D eigenvalue weighted by molar-refractivity contribution is 5.65. The molecule has 1 rings (SSSR count). The van der Waals surface area contributed by atoms with Crippen molar-refractivity contribution in [3.8, 4) is 5.75 Å². The summed E-state index contributed by atoms with van der Waals surface area (Å²) in [6.45, 7) is -1.15. The highest BCUT2D eigenvalue weighted by Crippen LogP contribution is 2.30. The van der Waals surface area contributed by atoms with Gasteiger partial charge in [-0.2, -0.15) is 0 Å². The van der Waals surface area contributed by atoms with Gasteiger partial charge in [0.2, 0.25) is 11.4 Å². The van der Waals surface area contributed by atoms with Crippen molar-refractivity contribution in [2.45, 2.75) is 11.4 Å². The molecule has 1 aromatic carbocycles. The second-order valence-corrected chi connectivity index (χ2v) is 3.42. The standard InChI is InChI=1S/C10H12O6/c11-5-9(14,6-12)10(15,16)7-1-3-8(13)4-2-7/h1-5,12-16H,6H2. The van der Waals surface area contributed by atoms with Gasteiger partial charge in [0.15, 0.2) is 6.29 Å². The topological polar surface area (TPSA) is 118 Å². The highest BCUT2D eigenvalue weighted by Gasteiger charge is 2.49. The van der Waals surface area contributed by atoms with Gasteiger partial charge in [-0.1, -0.05) is 0 Å². The largest absolute Gasteiger partial charge is 0.508 e. The fraction of sp³-hybridized carbons (Fsp3) is 0.300. The lowest BCUT2D eigenvalue weighted by atomic mass is 9.89. The molecule has 1 aromatic rings. The van der Waals surface area contributed by atoms with Gasteiger partial charge in [-0.15, -0.1) is 0 Å². The summed E-state index contributed by atoms with van der Waals surface area (Å²) in [7, 11) is 0. The first-order chi connectivity index (χ1) is 7.37. The Morgan fingerprint density at radius 3 is 2.00 bits per heavy atom. The van der Waals surface area contributed by atoms with Gasteiger partial charge < -0.3 is 25.5 Å². The third-order valence-corrected chi connectivity index (χ3v) is 2.31. The Hall–Kier alpha value is -1.47. The molecule has 0 saturated carbocycles. The number of hydrogen-bond donors (Lipinski definition) is 5. The summed E-state index contributed by atoms with van der Waals surface area (Å²) in [4.78, 5) is 10.6. The summed E-state index contributed by atoms with van der Waals surface area (Å²) in [6.07, 6.45) is -0.153. The van der Waals surface area contributed by atoms with Crippen molar-refractivity contribution in [2.75, 3.05) is 6.61 Å². The lowest BCUT2D eigenvalue weighted by Crippen LogP contribution is -2.55. The van der Waals surface area contributed by atoms with Crippen LogP contribution in [-0.4, -0.2) is 44.0 Å². The molecule has 0 heterocycles. The van der Waals surface area contributed by atoms with Crippen molar-refractivity contribution in [3.63, 3.8) is 0 Å².